The Morgan fingerprint density at radius 1 is 1.19 bits per heavy atom. The van der Waals surface area contributed by atoms with Gasteiger partial charge >= 0.3 is 0 Å². The van der Waals surface area contributed by atoms with Gasteiger partial charge < -0.3 is 14.4 Å². The number of methoxy groups -OCH3 is 1. The van der Waals surface area contributed by atoms with Crippen molar-refractivity contribution >= 4 is 27.3 Å². The summed E-state index contributed by atoms with van der Waals surface area (Å²) in [6.45, 7) is 2.68. The minimum absolute atomic E-state index is 0.191. The van der Waals surface area contributed by atoms with Gasteiger partial charge in [0.2, 0.25) is 15.0 Å². The van der Waals surface area contributed by atoms with Crippen LogP contribution in [0.25, 0.3) is 0 Å². The van der Waals surface area contributed by atoms with Crippen molar-refractivity contribution in [1.82, 2.24) is 9.97 Å². The fraction of sp³-hybridized carbons (Fsp3) is 0.412. The zero-order valence-electron chi connectivity index (χ0n) is 14.4. The van der Waals surface area contributed by atoms with Crippen LogP contribution in [0.5, 0.6) is 0 Å². The molecular formula is C17H20ClN3O4S. The van der Waals surface area contributed by atoms with E-state index in [0.29, 0.717) is 48.4 Å². The van der Waals surface area contributed by atoms with Crippen molar-refractivity contribution < 1.29 is 17.9 Å². The van der Waals surface area contributed by atoms with E-state index in [1.807, 2.05) is 4.90 Å². The first-order valence-electron chi connectivity index (χ1n) is 8.15. The van der Waals surface area contributed by atoms with Crippen molar-refractivity contribution in [3.05, 3.63) is 46.6 Å². The third-order valence-electron chi connectivity index (χ3n) is 3.92. The average Bonchev–Trinajstić information content (AvgIpc) is 2.64. The van der Waals surface area contributed by atoms with Crippen LogP contribution >= 0.6 is 11.6 Å². The third-order valence-corrected chi connectivity index (χ3v) is 5.62. The first kappa shape index (κ1) is 19.0. The number of morpholine rings is 1. The van der Waals surface area contributed by atoms with Crippen molar-refractivity contribution in [2.24, 2.45) is 0 Å². The van der Waals surface area contributed by atoms with Crippen LogP contribution < -0.4 is 4.90 Å². The zero-order valence-corrected chi connectivity index (χ0v) is 16.0. The predicted molar refractivity (Wildman–Crippen MR) is 98.1 cm³/mol. The van der Waals surface area contributed by atoms with Gasteiger partial charge in [-0.25, -0.2) is 18.4 Å². The summed E-state index contributed by atoms with van der Waals surface area (Å²) in [4.78, 5) is 10.5. The summed E-state index contributed by atoms with van der Waals surface area (Å²) in [5.74, 6) is 0.383. The second-order valence-electron chi connectivity index (χ2n) is 5.92. The Labute approximate surface area is 157 Å². The molecule has 0 spiro atoms. The molecule has 2 aromatic rings. The first-order chi connectivity index (χ1) is 12.5. The number of rotatable bonds is 6. The van der Waals surface area contributed by atoms with Crippen molar-refractivity contribution in [1.29, 1.82) is 0 Å². The van der Waals surface area contributed by atoms with E-state index >= 15 is 0 Å². The lowest BCUT2D eigenvalue weighted by atomic mass is 10.2. The molecule has 1 fully saturated rings. The molecule has 1 aromatic carbocycles. The van der Waals surface area contributed by atoms with Crippen molar-refractivity contribution in [2.45, 2.75) is 17.5 Å². The highest BCUT2D eigenvalue weighted by molar-refractivity contribution is 7.90. The molecule has 7 nitrogen and oxygen atoms in total. The molecule has 0 aliphatic carbocycles. The summed E-state index contributed by atoms with van der Waals surface area (Å²) in [6.07, 6.45) is 0. The molecule has 140 valence electrons. The Hall–Kier alpha value is -1.74. The fourth-order valence-corrected chi connectivity index (χ4v) is 4.01. The minimum atomic E-state index is -3.71. The molecule has 0 bridgehead atoms. The Bertz CT molecular complexity index is 853. The number of hydrogen-bond donors (Lipinski definition) is 0. The number of nitrogens with zero attached hydrogens (tertiary/aromatic N) is 3. The topological polar surface area (TPSA) is 81.6 Å². The van der Waals surface area contributed by atoms with Crippen molar-refractivity contribution in [3.63, 3.8) is 0 Å². The molecule has 0 radical (unpaired) electrons. The highest BCUT2D eigenvalue weighted by Gasteiger charge is 2.23. The van der Waals surface area contributed by atoms with E-state index in [4.69, 9.17) is 21.1 Å². The molecule has 0 N–H and O–H groups in total. The molecule has 0 amide bonds. The Morgan fingerprint density at radius 2 is 1.88 bits per heavy atom. The van der Waals surface area contributed by atoms with Gasteiger partial charge in [0, 0.05) is 31.3 Å². The van der Waals surface area contributed by atoms with E-state index in [1.165, 1.54) is 0 Å². The molecule has 3 rings (SSSR count). The SMILES string of the molecule is COCc1cc(N2CCOCC2)nc(S(=O)(=O)Cc2ccc(Cl)cc2)n1. The number of benzene rings is 1. The summed E-state index contributed by atoms with van der Waals surface area (Å²) < 4.78 is 36.1. The van der Waals surface area contributed by atoms with E-state index in [-0.39, 0.29) is 17.5 Å². The zero-order chi connectivity index (χ0) is 18.6. The lowest BCUT2D eigenvalue weighted by Crippen LogP contribution is -2.37. The standard InChI is InChI=1S/C17H20ClN3O4S/c1-24-11-15-10-16(21-6-8-25-9-7-21)20-17(19-15)26(22,23)12-13-2-4-14(18)5-3-13/h2-5,10H,6-9,11-12H2,1H3. The fourth-order valence-electron chi connectivity index (χ4n) is 2.64. The molecule has 1 aliphatic heterocycles. The smallest absolute Gasteiger partial charge is 0.249 e. The number of sulfone groups is 1. The van der Waals surface area contributed by atoms with Gasteiger partial charge in [0.1, 0.15) is 5.82 Å². The largest absolute Gasteiger partial charge is 0.378 e. The number of aromatic nitrogens is 2. The van der Waals surface area contributed by atoms with Crippen LogP contribution in [0.4, 0.5) is 5.82 Å². The van der Waals surface area contributed by atoms with E-state index in [2.05, 4.69) is 9.97 Å². The van der Waals surface area contributed by atoms with Crippen molar-refractivity contribution in [2.75, 3.05) is 38.3 Å². The Balaban J connectivity index is 1.93. The number of halogens is 1. The van der Waals surface area contributed by atoms with Gasteiger partial charge in [-0.1, -0.05) is 23.7 Å². The quantitative estimate of drug-likeness (QED) is 0.690. The summed E-state index contributed by atoms with van der Waals surface area (Å²) >= 11 is 5.86. The summed E-state index contributed by atoms with van der Waals surface area (Å²) in [5, 5.41) is 0.364. The van der Waals surface area contributed by atoms with Gasteiger partial charge in [-0.3, -0.25) is 0 Å². The lowest BCUT2D eigenvalue weighted by Gasteiger charge is -2.28. The normalized spacial score (nSPS) is 15.2. The maximum atomic E-state index is 12.8. The van der Waals surface area contributed by atoms with Crippen LogP contribution in [0.3, 0.4) is 0 Å². The maximum Gasteiger partial charge on any atom is 0.249 e. The molecule has 0 saturated carbocycles. The molecule has 9 heteroatoms. The molecule has 0 unspecified atom stereocenters. The molecule has 0 atom stereocenters. The van der Waals surface area contributed by atoms with E-state index in [1.54, 1.807) is 37.4 Å². The minimum Gasteiger partial charge on any atom is -0.378 e. The number of ether oxygens (including phenoxy) is 2. The first-order valence-corrected chi connectivity index (χ1v) is 10.2. The predicted octanol–water partition coefficient (Wildman–Crippen LogP) is 2.09. The second-order valence-corrected chi connectivity index (χ2v) is 8.24. The highest BCUT2D eigenvalue weighted by Crippen LogP contribution is 2.20. The summed E-state index contributed by atoms with van der Waals surface area (Å²) in [7, 11) is -2.17. The summed E-state index contributed by atoms with van der Waals surface area (Å²) in [5.41, 5.74) is 1.15. The lowest BCUT2D eigenvalue weighted by molar-refractivity contribution is 0.122. The van der Waals surface area contributed by atoms with Gasteiger partial charge in [0.05, 0.1) is 31.3 Å². The highest BCUT2D eigenvalue weighted by atomic mass is 35.5. The van der Waals surface area contributed by atoms with Crippen LogP contribution in [0.2, 0.25) is 5.02 Å². The molecular weight excluding hydrogens is 378 g/mol. The average molecular weight is 398 g/mol. The maximum absolute atomic E-state index is 12.8. The van der Waals surface area contributed by atoms with Crippen LogP contribution in [-0.4, -0.2) is 51.8 Å². The van der Waals surface area contributed by atoms with Gasteiger partial charge in [-0.2, -0.15) is 0 Å². The van der Waals surface area contributed by atoms with E-state index in [0.717, 1.165) is 0 Å². The molecule has 26 heavy (non-hydrogen) atoms. The van der Waals surface area contributed by atoms with Crippen LogP contribution in [0, 0.1) is 0 Å². The third kappa shape index (κ3) is 4.70. The molecule has 1 aromatic heterocycles. The van der Waals surface area contributed by atoms with Crippen molar-refractivity contribution in [3.8, 4) is 0 Å². The molecule has 2 heterocycles. The molecule has 1 saturated heterocycles. The number of anilines is 1. The van der Waals surface area contributed by atoms with E-state index in [9.17, 15) is 8.42 Å². The van der Waals surface area contributed by atoms with Gasteiger partial charge in [-0.15, -0.1) is 0 Å². The second kappa shape index (κ2) is 8.30. The monoisotopic (exact) mass is 397 g/mol. The Morgan fingerprint density at radius 3 is 2.54 bits per heavy atom. The van der Waals surface area contributed by atoms with E-state index < -0.39 is 9.84 Å². The van der Waals surface area contributed by atoms with Gasteiger partial charge in [0.15, 0.2) is 0 Å². The Kier molecular flexibility index (Phi) is 6.08. The molecule has 1 aliphatic rings. The number of hydrogen-bond acceptors (Lipinski definition) is 7. The van der Waals surface area contributed by atoms with Crippen LogP contribution in [0.1, 0.15) is 11.3 Å². The van der Waals surface area contributed by atoms with Gasteiger partial charge in [0.25, 0.3) is 0 Å². The van der Waals surface area contributed by atoms with Crippen LogP contribution in [0.15, 0.2) is 35.5 Å². The van der Waals surface area contributed by atoms with Gasteiger partial charge in [-0.05, 0) is 17.7 Å². The summed E-state index contributed by atoms with van der Waals surface area (Å²) in [6, 6.07) is 8.45. The van der Waals surface area contributed by atoms with Crippen LogP contribution in [-0.2, 0) is 31.7 Å².